The molecule has 6 nitrogen and oxygen atoms in total. The Morgan fingerprint density at radius 3 is 2.68 bits per heavy atom. The van der Waals surface area contributed by atoms with Crippen molar-refractivity contribution in [2.24, 2.45) is 7.05 Å². The molecule has 0 amide bonds. The molecule has 0 aliphatic carbocycles. The molecule has 0 fully saturated rings. The zero-order valence-corrected chi connectivity index (χ0v) is 14.9. The van der Waals surface area contributed by atoms with Crippen molar-refractivity contribution in [3.63, 3.8) is 0 Å². The van der Waals surface area contributed by atoms with Gasteiger partial charge in [-0.2, -0.15) is 13.0 Å². The van der Waals surface area contributed by atoms with Crippen LogP contribution in [-0.4, -0.2) is 23.3 Å². The molecule has 1 N–H and O–H groups in total. The largest absolute Gasteiger partial charge is 0.401 e. The Balaban J connectivity index is 1.95. The van der Waals surface area contributed by atoms with Crippen molar-refractivity contribution >= 4 is 43.0 Å². The van der Waals surface area contributed by atoms with Crippen LogP contribution in [0, 0.1) is 6.92 Å². The van der Waals surface area contributed by atoms with Gasteiger partial charge in [-0.1, -0.05) is 18.2 Å². The van der Waals surface area contributed by atoms with E-state index in [1.54, 1.807) is 0 Å². The number of oxazole rings is 1. The molecule has 25 heavy (non-hydrogen) atoms. The van der Waals surface area contributed by atoms with Crippen LogP contribution in [0.5, 0.6) is 0 Å². The minimum Gasteiger partial charge on any atom is -0.401 e. The number of hydrogen-bond donors (Lipinski definition) is 1. The summed E-state index contributed by atoms with van der Waals surface area (Å²) in [6.07, 6.45) is 0.343. The van der Waals surface area contributed by atoms with E-state index in [1.807, 2.05) is 42.8 Å². The molecule has 4 rings (SSSR count). The van der Waals surface area contributed by atoms with Gasteiger partial charge in [0.1, 0.15) is 7.05 Å². The van der Waals surface area contributed by atoms with Gasteiger partial charge < -0.3 is 8.98 Å². The Kier molecular flexibility index (Phi) is 3.59. The van der Waals surface area contributed by atoms with Crippen LogP contribution in [0.2, 0.25) is 0 Å². The number of rotatable bonds is 4. The topological polar surface area (TPSA) is 76.3 Å². The molecule has 0 aliphatic heterocycles. The molecule has 4 aromatic rings. The van der Waals surface area contributed by atoms with E-state index in [0.29, 0.717) is 13.0 Å². The molecule has 2 heterocycles. The first-order chi connectivity index (χ1) is 11.8. The second-order valence-electron chi connectivity index (χ2n) is 6.33. The standard InChI is InChI=1S/C18H18N2O4S/c1-12-19(2)17-10-14-13-6-3-4-7-15(13)20(8-5-9-25(21,22)23)16(14)11-18(17)24-12/h3-4,6-7,10-11H,5,8-9H2,1-2H3/p+1. The zero-order valence-electron chi connectivity index (χ0n) is 14.1. The fourth-order valence-corrected chi connectivity index (χ4v) is 3.94. The SMILES string of the molecule is Cc1oc2cc3c(cc2[n+]1C)c1ccccc1n3CCCS(=O)(=O)O. The highest BCUT2D eigenvalue weighted by molar-refractivity contribution is 7.85. The lowest BCUT2D eigenvalue weighted by molar-refractivity contribution is -0.656. The number of fused-ring (bicyclic) bond motifs is 4. The third kappa shape index (κ3) is 2.69. The van der Waals surface area contributed by atoms with Crippen molar-refractivity contribution in [2.45, 2.75) is 19.9 Å². The van der Waals surface area contributed by atoms with E-state index in [1.165, 1.54) is 0 Å². The average Bonchev–Trinajstić information content (AvgIpc) is 3.00. The number of para-hydroxylation sites is 1. The molecule has 0 bridgehead atoms. The van der Waals surface area contributed by atoms with Crippen LogP contribution < -0.4 is 4.57 Å². The average molecular weight is 359 g/mol. The summed E-state index contributed by atoms with van der Waals surface area (Å²) in [5.41, 5.74) is 3.86. The molecule has 7 heteroatoms. The third-order valence-corrected chi connectivity index (χ3v) is 5.53. The second kappa shape index (κ2) is 5.57. The van der Waals surface area contributed by atoms with E-state index in [-0.39, 0.29) is 5.75 Å². The minimum atomic E-state index is -3.96. The molecule has 0 aliphatic rings. The number of hydrogen-bond acceptors (Lipinski definition) is 3. The number of aromatic nitrogens is 2. The predicted molar refractivity (Wildman–Crippen MR) is 96.2 cm³/mol. The van der Waals surface area contributed by atoms with Gasteiger partial charge in [-0.05, 0) is 12.5 Å². The van der Waals surface area contributed by atoms with Gasteiger partial charge in [0.05, 0.1) is 18.2 Å². The van der Waals surface area contributed by atoms with Gasteiger partial charge in [0, 0.05) is 35.0 Å². The van der Waals surface area contributed by atoms with Crippen LogP contribution in [0.25, 0.3) is 32.9 Å². The molecule has 0 unspecified atom stereocenters. The first-order valence-electron chi connectivity index (χ1n) is 8.10. The Hall–Kier alpha value is -2.38. The maximum absolute atomic E-state index is 11.0. The van der Waals surface area contributed by atoms with Crippen molar-refractivity contribution in [1.29, 1.82) is 0 Å². The van der Waals surface area contributed by atoms with Gasteiger partial charge in [-0.15, -0.1) is 0 Å². The van der Waals surface area contributed by atoms with E-state index >= 15 is 0 Å². The lowest BCUT2D eigenvalue weighted by atomic mass is 10.1. The van der Waals surface area contributed by atoms with Crippen molar-refractivity contribution in [3.05, 3.63) is 42.3 Å². The molecule has 0 atom stereocenters. The van der Waals surface area contributed by atoms with E-state index < -0.39 is 10.1 Å². The molecular weight excluding hydrogens is 340 g/mol. The lowest BCUT2D eigenvalue weighted by Crippen LogP contribution is -2.28. The molecule has 0 spiro atoms. The van der Waals surface area contributed by atoms with Crippen LogP contribution in [0.15, 0.2) is 40.8 Å². The highest BCUT2D eigenvalue weighted by Gasteiger charge is 2.19. The van der Waals surface area contributed by atoms with Crippen molar-refractivity contribution < 1.29 is 22.0 Å². The molecule has 0 saturated heterocycles. The third-order valence-electron chi connectivity index (χ3n) is 4.73. The summed E-state index contributed by atoms with van der Waals surface area (Å²) in [7, 11) is -1.99. The van der Waals surface area contributed by atoms with Crippen molar-refractivity contribution in [3.8, 4) is 0 Å². The summed E-state index contributed by atoms with van der Waals surface area (Å²) >= 11 is 0. The first kappa shape index (κ1) is 16.1. The monoisotopic (exact) mass is 359 g/mol. The van der Waals surface area contributed by atoms with Crippen LogP contribution in [0.3, 0.4) is 0 Å². The molecular formula is C18H19N2O4S+. The van der Waals surface area contributed by atoms with Gasteiger partial charge in [0.15, 0.2) is 0 Å². The number of aryl methyl sites for hydroxylation is 3. The predicted octanol–water partition coefficient (Wildman–Crippen LogP) is 2.95. The maximum atomic E-state index is 11.0. The van der Waals surface area contributed by atoms with E-state index in [0.717, 1.165) is 38.8 Å². The fraction of sp³-hybridized carbons (Fsp3) is 0.278. The normalized spacial score (nSPS) is 12.6. The molecule has 0 radical (unpaired) electrons. The van der Waals surface area contributed by atoms with Crippen LogP contribution >= 0.6 is 0 Å². The summed E-state index contributed by atoms with van der Waals surface area (Å²) < 4.78 is 41.0. The van der Waals surface area contributed by atoms with E-state index in [9.17, 15) is 8.42 Å². The zero-order chi connectivity index (χ0) is 17.8. The molecule has 2 aromatic heterocycles. The van der Waals surface area contributed by atoms with E-state index in [2.05, 4.69) is 16.7 Å². The van der Waals surface area contributed by atoms with Crippen molar-refractivity contribution in [1.82, 2.24) is 4.57 Å². The Labute approximate surface area is 145 Å². The van der Waals surface area contributed by atoms with Gasteiger partial charge in [-0.3, -0.25) is 4.55 Å². The Bertz CT molecular complexity index is 1220. The molecule has 0 saturated carbocycles. The molecule has 130 valence electrons. The van der Waals surface area contributed by atoms with Gasteiger partial charge in [0.2, 0.25) is 5.58 Å². The summed E-state index contributed by atoms with van der Waals surface area (Å²) in [4.78, 5) is 0. The van der Waals surface area contributed by atoms with Crippen LogP contribution in [0.1, 0.15) is 12.3 Å². The molecule has 2 aromatic carbocycles. The minimum absolute atomic E-state index is 0.252. The van der Waals surface area contributed by atoms with Crippen LogP contribution in [-0.2, 0) is 23.7 Å². The van der Waals surface area contributed by atoms with Crippen molar-refractivity contribution in [2.75, 3.05) is 5.75 Å². The maximum Gasteiger partial charge on any atom is 0.344 e. The lowest BCUT2D eigenvalue weighted by Gasteiger charge is -2.06. The second-order valence-corrected chi connectivity index (χ2v) is 7.90. The Morgan fingerprint density at radius 1 is 1.16 bits per heavy atom. The first-order valence-corrected chi connectivity index (χ1v) is 9.71. The smallest absolute Gasteiger partial charge is 0.344 e. The van der Waals surface area contributed by atoms with Gasteiger partial charge in [-0.25, -0.2) is 0 Å². The number of nitrogens with zero attached hydrogens (tertiary/aromatic N) is 2. The Morgan fingerprint density at radius 2 is 1.92 bits per heavy atom. The fourth-order valence-electron chi connectivity index (χ4n) is 3.45. The summed E-state index contributed by atoms with van der Waals surface area (Å²) in [5, 5.41) is 2.22. The highest BCUT2D eigenvalue weighted by atomic mass is 32.2. The summed E-state index contributed by atoms with van der Waals surface area (Å²) in [6.45, 7) is 2.42. The summed E-state index contributed by atoms with van der Waals surface area (Å²) in [5.74, 6) is 0.572. The van der Waals surface area contributed by atoms with Crippen LogP contribution in [0.4, 0.5) is 0 Å². The van der Waals surface area contributed by atoms with Gasteiger partial charge in [0.25, 0.3) is 15.6 Å². The highest BCUT2D eigenvalue weighted by Crippen LogP contribution is 2.32. The quantitative estimate of drug-likeness (QED) is 0.449. The summed E-state index contributed by atoms with van der Waals surface area (Å²) in [6, 6.07) is 12.2. The van der Waals surface area contributed by atoms with E-state index in [4.69, 9.17) is 8.97 Å². The number of benzene rings is 2. The van der Waals surface area contributed by atoms with Gasteiger partial charge >= 0.3 is 5.89 Å².